The van der Waals surface area contributed by atoms with Crippen molar-refractivity contribution in [3.05, 3.63) is 22.6 Å². The van der Waals surface area contributed by atoms with Crippen molar-refractivity contribution in [1.29, 1.82) is 0 Å². The number of thiophene rings is 1. The molecule has 0 saturated heterocycles. The van der Waals surface area contributed by atoms with Crippen LogP contribution in [-0.2, 0) is 4.84 Å². The third-order valence-corrected chi connectivity index (χ3v) is 4.58. The molecule has 0 unspecified atom stereocenters. The third kappa shape index (κ3) is 3.03. The number of ether oxygens (including phenoxy) is 2. The summed E-state index contributed by atoms with van der Waals surface area (Å²) in [5.74, 6) is 1.19. The molecule has 1 aromatic carbocycles. The van der Waals surface area contributed by atoms with E-state index in [1.54, 1.807) is 14.2 Å². The van der Waals surface area contributed by atoms with Crippen LogP contribution >= 0.6 is 11.3 Å². The molecule has 120 valence electrons. The lowest BCUT2D eigenvalue weighted by atomic mass is 10.1. The normalized spacial score (nSPS) is 11.0. The number of hydrogen-bond acceptors (Lipinski definition) is 5. The Hall–Kier alpha value is -1.79. The van der Waals surface area contributed by atoms with E-state index in [-0.39, 0.29) is 12.0 Å². The topological polar surface area (TPSA) is 48.0 Å². The van der Waals surface area contributed by atoms with Gasteiger partial charge in [-0.15, -0.1) is 11.3 Å². The molecular formula is C16H21NO4S. The van der Waals surface area contributed by atoms with E-state index < -0.39 is 0 Å². The quantitative estimate of drug-likeness (QED) is 0.788. The molecule has 0 aliphatic carbocycles. The minimum Gasteiger partial charge on any atom is -0.493 e. The minimum absolute atomic E-state index is 0.0472. The molecule has 0 spiro atoms. The van der Waals surface area contributed by atoms with Gasteiger partial charge in [0, 0.05) is 23.2 Å². The van der Waals surface area contributed by atoms with E-state index in [0.717, 1.165) is 15.6 Å². The molecule has 6 heteroatoms. The molecule has 0 aliphatic rings. The second-order valence-electron chi connectivity index (χ2n) is 5.21. The molecule has 1 aromatic heterocycles. The molecule has 0 atom stereocenters. The van der Waals surface area contributed by atoms with Crippen LogP contribution in [0, 0.1) is 6.92 Å². The average Bonchev–Trinajstić information content (AvgIpc) is 2.81. The Morgan fingerprint density at radius 1 is 1.23 bits per heavy atom. The maximum absolute atomic E-state index is 12.3. The van der Waals surface area contributed by atoms with Crippen LogP contribution in [0.15, 0.2) is 12.1 Å². The van der Waals surface area contributed by atoms with Crippen molar-refractivity contribution in [2.24, 2.45) is 0 Å². The van der Waals surface area contributed by atoms with E-state index in [1.807, 2.05) is 32.9 Å². The smallest absolute Gasteiger partial charge is 0.287 e. The van der Waals surface area contributed by atoms with Crippen LogP contribution in [0.3, 0.4) is 0 Å². The molecule has 1 heterocycles. The van der Waals surface area contributed by atoms with Gasteiger partial charge in [0.2, 0.25) is 0 Å². The van der Waals surface area contributed by atoms with Crippen LogP contribution in [-0.4, -0.2) is 38.3 Å². The number of carbonyl (C=O) groups excluding carboxylic acids is 1. The number of fused-ring (bicyclic) bond motifs is 1. The standard InChI is InChI=1S/C16H21NO4S/c1-9(2)21-13-7-11-10(3)15(16(18)17(4)20-6)22-14(11)8-12(13)19-5/h7-9H,1-6H3. The van der Waals surface area contributed by atoms with Crippen LogP contribution in [0.5, 0.6) is 11.5 Å². The van der Waals surface area contributed by atoms with E-state index in [2.05, 4.69) is 0 Å². The first-order chi connectivity index (χ1) is 10.4. The number of hydroxylamine groups is 2. The molecule has 22 heavy (non-hydrogen) atoms. The lowest BCUT2D eigenvalue weighted by molar-refractivity contribution is -0.0754. The van der Waals surface area contributed by atoms with E-state index in [0.29, 0.717) is 16.4 Å². The summed E-state index contributed by atoms with van der Waals surface area (Å²) in [7, 11) is 4.68. The zero-order valence-corrected chi connectivity index (χ0v) is 14.5. The van der Waals surface area contributed by atoms with Gasteiger partial charge in [-0.1, -0.05) is 0 Å². The van der Waals surface area contributed by atoms with Gasteiger partial charge >= 0.3 is 0 Å². The van der Waals surface area contributed by atoms with Gasteiger partial charge in [-0.2, -0.15) is 0 Å². The number of nitrogens with zero attached hydrogens (tertiary/aromatic N) is 1. The molecular weight excluding hydrogens is 302 g/mol. The van der Waals surface area contributed by atoms with Gasteiger partial charge in [0.15, 0.2) is 11.5 Å². The Morgan fingerprint density at radius 2 is 1.91 bits per heavy atom. The van der Waals surface area contributed by atoms with Crippen LogP contribution in [0.1, 0.15) is 29.1 Å². The molecule has 0 saturated carbocycles. The lowest BCUT2D eigenvalue weighted by Gasteiger charge is -2.13. The Morgan fingerprint density at radius 3 is 2.45 bits per heavy atom. The van der Waals surface area contributed by atoms with E-state index in [1.165, 1.54) is 23.5 Å². The fraction of sp³-hybridized carbons (Fsp3) is 0.438. The second-order valence-corrected chi connectivity index (χ2v) is 6.26. The van der Waals surface area contributed by atoms with Gasteiger partial charge in [-0.05, 0) is 32.4 Å². The summed E-state index contributed by atoms with van der Waals surface area (Å²) in [6.07, 6.45) is 0.0472. The zero-order valence-electron chi connectivity index (χ0n) is 13.7. The zero-order chi connectivity index (χ0) is 16.4. The highest BCUT2D eigenvalue weighted by Gasteiger charge is 2.21. The highest BCUT2D eigenvalue weighted by Crippen LogP contribution is 2.39. The van der Waals surface area contributed by atoms with Crippen LogP contribution in [0.25, 0.3) is 10.1 Å². The highest BCUT2D eigenvalue weighted by atomic mass is 32.1. The molecule has 0 bridgehead atoms. The Balaban J connectivity index is 2.57. The number of methoxy groups -OCH3 is 1. The van der Waals surface area contributed by atoms with Crippen molar-refractivity contribution < 1.29 is 19.1 Å². The average molecular weight is 323 g/mol. The summed E-state index contributed by atoms with van der Waals surface area (Å²) < 4.78 is 12.2. The molecule has 2 aromatic rings. The number of carbonyl (C=O) groups is 1. The monoisotopic (exact) mass is 323 g/mol. The largest absolute Gasteiger partial charge is 0.493 e. The van der Waals surface area contributed by atoms with E-state index in [9.17, 15) is 4.79 Å². The predicted molar refractivity (Wildman–Crippen MR) is 88.0 cm³/mol. The summed E-state index contributed by atoms with van der Waals surface area (Å²) >= 11 is 1.43. The first-order valence-corrected chi connectivity index (χ1v) is 7.80. The summed E-state index contributed by atoms with van der Waals surface area (Å²) in [5, 5.41) is 2.22. The first-order valence-electron chi connectivity index (χ1n) is 6.99. The fourth-order valence-corrected chi connectivity index (χ4v) is 3.35. The second kappa shape index (κ2) is 6.54. The fourth-order valence-electron chi connectivity index (χ4n) is 2.16. The molecule has 5 nitrogen and oxygen atoms in total. The van der Waals surface area contributed by atoms with Crippen LogP contribution < -0.4 is 9.47 Å². The summed E-state index contributed by atoms with van der Waals surface area (Å²) in [5.41, 5.74) is 0.921. The number of hydrogen-bond donors (Lipinski definition) is 0. The number of aryl methyl sites for hydroxylation is 1. The summed E-state index contributed by atoms with van der Waals surface area (Å²) in [6.45, 7) is 5.86. The highest BCUT2D eigenvalue weighted by molar-refractivity contribution is 7.21. The van der Waals surface area contributed by atoms with Gasteiger partial charge < -0.3 is 9.47 Å². The van der Waals surface area contributed by atoms with Gasteiger partial charge in [0.05, 0.1) is 25.2 Å². The van der Waals surface area contributed by atoms with Gasteiger partial charge in [0.25, 0.3) is 5.91 Å². The van der Waals surface area contributed by atoms with Gasteiger partial charge in [-0.3, -0.25) is 9.63 Å². The van der Waals surface area contributed by atoms with Crippen molar-refractivity contribution >= 4 is 27.3 Å². The lowest BCUT2D eigenvalue weighted by Crippen LogP contribution is -2.25. The minimum atomic E-state index is -0.161. The number of benzene rings is 1. The molecule has 0 aliphatic heterocycles. The van der Waals surface area contributed by atoms with Crippen molar-refractivity contribution in [3.63, 3.8) is 0 Å². The summed E-state index contributed by atoms with van der Waals surface area (Å²) in [6, 6.07) is 3.85. The Kier molecular flexibility index (Phi) is 4.93. The molecule has 2 rings (SSSR count). The molecule has 0 N–H and O–H groups in total. The molecule has 1 amide bonds. The van der Waals surface area contributed by atoms with Gasteiger partial charge in [0.1, 0.15) is 0 Å². The van der Waals surface area contributed by atoms with Crippen molar-refractivity contribution in [1.82, 2.24) is 5.06 Å². The van der Waals surface area contributed by atoms with Crippen LogP contribution in [0.2, 0.25) is 0 Å². The molecule has 0 fully saturated rings. The number of amides is 1. The van der Waals surface area contributed by atoms with E-state index >= 15 is 0 Å². The number of rotatable bonds is 5. The molecule has 0 radical (unpaired) electrons. The predicted octanol–water partition coefficient (Wildman–Crippen LogP) is 3.64. The van der Waals surface area contributed by atoms with Crippen molar-refractivity contribution in [2.45, 2.75) is 26.9 Å². The first kappa shape index (κ1) is 16.6. The maximum Gasteiger partial charge on any atom is 0.287 e. The van der Waals surface area contributed by atoms with E-state index in [4.69, 9.17) is 14.3 Å². The van der Waals surface area contributed by atoms with Crippen molar-refractivity contribution in [2.75, 3.05) is 21.3 Å². The summed E-state index contributed by atoms with van der Waals surface area (Å²) in [4.78, 5) is 18.0. The van der Waals surface area contributed by atoms with Crippen molar-refractivity contribution in [3.8, 4) is 11.5 Å². The van der Waals surface area contributed by atoms with Crippen LogP contribution in [0.4, 0.5) is 0 Å². The SMILES string of the molecule is COc1cc2sc(C(=O)N(C)OC)c(C)c2cc1OC(C)C. The van der Waals surface area contributed by atoms with Gasteiger partial charge in [-0.25, -0.2) is 5.06 Å². The Labute approximate surface area is 134 Å². The Bertz CT molecular complexity index is 693. The third-order valence-electron chi connectivity index (χ3n) is 3.34. The maximum atomic E-state index is 12.3.